The molecule has 0 aliphatic carbocycles. The largest absolute Gasteiger partial charge is 0.504 e. The second-order valence-electron chi connectivity index (χ2n) is 5.15. The maximum Gasteiger partial charge on any atom is 0.333 e. The highest BCUT2D eigenvalue weighted by Gasteiger charge is 2.35. The summed E-state index contributed by atoms with van der Waals surface area (Å²) in [5.74, 6) is -0.447. The van der Waals surface area contributed by atoms with Gasteiger partial charge in [-0.3, -0.25) is 4.79 Å². The molecule has 1 aliphatic rings. The molecule has 6 nitrogen and oxygen atoms in total. The van der Waals surface area contributed by atoms with Crippen molar-refractivity contribution in [2.75, 3.05) is 12.0 Å². The number of hydrogen-bond donors (Lipinski definition) is 2. The Balaban J connectivity index is 2.00. The number of nitrogens with zero attached hydrogens (tertiary/aromatic N) is 1. The molecule has 1 heterocycles. The Bertz CT molecular complexity index is 914. The van der Waals surface area contributed by atoms with Crippen molar-refractivity contribution in [1.82, 2.24) is 5.32 Å². The van der Waals surface area contributed by atoms with E-state index in [9.17, 15) is 14.7 Å². The third-order valence-electron chi connectivity index (χ3n) is 3.53. The zero-order valence-corrected chi connectivity index (χ0v) is 15.3. The van der Waals surface area contributed by atoms with Gasteiger partial charge in [0.25, 0.3) is 5.91 Å². The lowest BCUT2D eigenvalue weighted by molar-refractivity contribution is -0.113. The summed E-state index contributed by atoms with van der Waals surface area (Å²) in [4.78, 5) is 25.8. The normalized spacial score (nSPS) is 15.6. The Morgan fingerprint density at radius 3 is 2.72 bits per heavy atom. The van der Waals surface area contributed by atoms with Crippen LogP contribution >= 0.6 is 27.5 Å². The molecule has 0 radical (unpaired) electrons. The zero-order chi connectivity index (χ0) is 18.1. The number of rotatable bonds is 3. The van der Waals surface area contributed by atoms with Gasteiger partial charge in [-0.1, -0.05) is 33.6 Å². The number of carbonyl (C=O) groups excluding carboxylic acids is 2. The molecule has 0 atom stereocenters. The summed E-state index contributed by atoms with van der Waals surface area (Å²) in [5, 5.41) is 13.1. The van der Waals surface area contributed by atoms with Crippen LogP contribution in [0, 0.1) is 0 Å². The number of anilines is 1. The van der Waals surface area contributed by atoms with E-state index in [4.69, 9.17) is 16.3 Å². The first-order valence-corrected chi connectivity index (χ1v) is 8.27. The van der Waals surface area contributed by atoms with Crippen LogP contribution < -0.4 is 15.0 Å². The van der Waals surface area contributed by atoms with Gasteiger partial charge in [0, 0.05) is 15.1 Å². The second kappa shape index (κ2) is 6.78. The highest BCUT2D eigenvalue weighted by molar-refractivity contribution is 9.10. The van der Waals surface area contributed by atoms with E-state index in [0.29, 0.717) is 20.7 Å². The van der Waals surface area contributed by atoms with Crippen molar-refractivity contribution in [3.63, 3.8) is 0 Å². The SMILES string of the molecule is COc1cc(Br)cc(/C=C2\NC(=O)N(c3cccc(Cl)c3)C2=O)c1O. The highest BCUT2D eigenvalue weighted by Crippen LogP contribution is 2.35. The number of halogens is 2. The van der Waals surface area contributed by atoms with Crippen molar-refractivity contribution in [3.8, 4) is 11.5 Å². The standard InChI is InChI=1S/C17H12BrClN2O4/c1-25-14-7-10(18)5-9(15(14)22)6-13-16(23)21(17(24)20-13)12-4-2-3-11(19)8-12/h2-8,22H,1H3,(H,20,24)/b13-6-. The van der Waals surface area contributed by atoms with Crippen molar-refractivity contribution in [2.45, 2.75) is 0 Å². The predicted molar refractivity (Wildman–Crippen MR) is 97.8 cm³/mol. The van der Waals surface area contributed by atoms with Gasteiger partial charge in [-0.15, -0.1) is 0 Å². The van der Waals surface area contributed by atoms with Crippen LogP contribution in [0.3, 0.4) is 0 Å². The van der Waals surface area contributed by atoms with E-state index in [2.05, 4.69) is 21.2 Å². The van der Waals surface area contributed by atoms with Gasteiger partial charge in [-0.25, -0.2) is 9.69 Å². The topological polar surface area (TPSA) is 78.9 Å². The summed E-state index contributed by atoms with van der Waals surface area (Å²) in [7, 11) is 1.42. The van der Waals surface area contributed by atoms with Crippen LogP contribution in [0.15, 0.2) is 46.6 Å². The maximum absolute atomic E-state index is 12.6. The Kier molecular flexibility index (Phi) is 4.69. The molecule has 3 amide bonds. The van der Waals surface area contributed by atoms with Gasteiger partial charge in [-0.05, 0) is 36.4 Å². The Labute approximate surface area is 156 Å². The number of phenols is 1. The van der Waals surface area contributed by atoms with Crippen molar-refractivity contribution >= 4 is 51.2 Å². The molecule has 3 rings (SSSR count). The van der Waals surface area contributed by atoms with Gasteiger partial charge in [0.15, 0.2) is 11.5 Å². The summed E-state index contributed by atoms with van der Waals surface area (Å²) in [6.07, 6.45) is 1.38. The monoisotopic (exact) mass is 422 g/mol. The number of carbonyl (C=O) groups is 2. The quantitative estimate of drug-likeness (QED) is 0.579. The summed E-state index contributed by atoms with van der Waals surface area (Å²) >= 11 is 9.22. The van der Waals surface area contributed by atoms with E-state index in [1.54, 1.807) is 30.3 Å². The molecule has 128 valence electrons. The first kappa shape index (κ1) is 17.3. The highest BCUT2D eigenvalue weighted by atomic mass is 79.9. The van der Waals surface area contributed by atoms with Gasteiger partial charge in [0.2, 0.25) is 0 Å². The smallest absolute Gasteiger partial charge is 0.333 e. The van der Waals surface area contributed by atoms with Crippen LogP contribution in [0.2, 0.25) is 5.02 Å². The molecule has 0 unspecified atom stereocenters. The molecule has 1 fully saturated rings. The third kappa shape index (κ3) is 3.33. The molecule has 1 aliphatic heterocycles. The van der Waals surface area contributed by atoms with Crippen LogP contribution in [-0.2, 0) is 4.79 Å². The average Bonchev–Trinajstić information content (AvgIpc) is 2.84. The molecule has 0 aromatic heterocycles. The Morgan fingerprint density at radius 1 is 1.28 bits per heavy atom. The number of phenolic OH excluding ortho intramolecular Hbond substituents is 1. The summed E-state index contributed by atoms with van der Waals surface area (Å²) in [5.41, 5.74) is 0.706. The van der Waals surface area contributed by atoms with Gasteiger partial charge in [-0.2, -0.15) is 0 Å². The number of methoxy groups -OCH3 is 1. The molecule has 2 aromatic rings. The van der Waals surface area contributed by atoms with E-state index in [1.165, 1.54) is 19.3 Å². The van der Waals surface area contributed by atoms with Gasteiger partial charge in [0.05, 0.1) is 12.8 Å². The summed E-state index contributed by atoms with van der Waals surface area (Å²) in [6, 6.07) is 9.00. The van der Waals surface area contributed by atoms with Crippen molar-refractivity contribution < 1.29 is 19.4 Å². The van der Waals surface area contributed by atoms with E-state index in [0.717, 1.165) is 4.90 Å². The number of benzene rings is 2. The molecule has 2 aromatic carbocycles. The van der Waals surface area contributed by atoms with Crippen molar-refractivity contribution in [2.24, 2.45) is 0 Å². The number of ether oxygens (including phenoxy) is 1. The second-order valence-corrected chi connectivity index (χ2v) is 6.51. The fraction of sp³-hybridized carbons (Fsp3) is 0.0588. The zero-order valence-electron chi connectivity index (χ0n) is 12.9. The van der Waals surface area contributed by atoms with Gasteiger partial charge in [0.1, 0.15) is 5.70 Å². The minimum Gasteiger partial charge on any atom is -0.504 e. The van der Waals surface area contributed by atoms with E-state index >= 15 is 0 Å². The van der Waals surface area contributed by atoms with E-state index in [1.807, 2.05) is 0 Å². The summed E-state index contributed by atoms with van der Waals surface area (Å²) < 4.78 is 5.73. The average molecular weight is 424 g/mol. The van der Waals surface area contributed by atoms with Gasteiger partial charge < -0.3 is 15.2 Å². The third-order valence-corrected chi connectivity index (χ3v) is 4.23. The van der Waals surface area contributed by atoms with Crippen molar-refractivity contribution in [3.05, 3.63) is 57.2 Å². The number of aromatic hydroxyl groups is 1. The van der Waals surface area contributed by atoms with E-state index < -0.39 is 11.9 Å². The molecule has 8 heteroatoms. The van der Waals surface area contributed by atoms with Crippen LogP contribution in [0.25, 0.3) is 6.08 Å². The first-order valence-electron chi connectivity index (χ1n) is 7.10. The lowest BCUT2D eigenvalue weighted by atomic mass is 10.1. The number of imide groups is 1. The number of hydrogen-bond acceptors (Lipinski definition) is 4. The molecule has 0 spiro atoms. The first-order chi connectivity index (χ1) is 11.9. The molecule has 25 heavy (non-hydrogen) atoms. The molecular formula is C17H12BrClN2O4. The Morgan fingerprint density at radius 2 is 2.04 bits per heavy atom. The lowest BCUT2D eigenvalue weighted by Crippen LogP contribution is -2.30. The van der Waals surface area contributed by atoms with Crippen molar-refractivity contribution in [1.29, 1.82) is 0 Å². The molecule has 1 saturated heterocycles. The molecule has 0 saturated carbocycles. The number of urea groups is 1. The van der Waals surface area contributed by atoms with Crippen LogP contribution in [-0.4, -0.2) is 24.2 Å². The van der Waals surface area contributed by atoms with Crippen LogP contribution in [0.4, 0.5) is 10.5 Å². The number of nitrogens with one attached hydrogen (secondary N) is 1. The predicted octanol–water partition coefficient (Wildman–Crippen LogP) is 3.91. The fourth-order valence-corrected chi connectivity index (χ4v) is 3.04. The minimum absolute atomic E-state index is 0.0282. The fourth-order valence-electron chi connectivity index (χ4n) is 2.40. The molecule has 2 N–H and O–H groups in total. The minimum atomic E-state index is -0.597. The molecule has 0 bridgehead atoms. The maximum atomic E-state index is 12.6. The van der Waals surface area contributed by atoms with Crippen LogP contribution in [0.1, 0.15) is 5.56 Å². The lowest BCUT2D eigenvalue weighted by Gasteiger charge is -2.11. The van der Waals surface area contributed by atoms with Gasteiger partial charge >= 0.3 is 6.03 Å². The molecular weight excluding hydrogens is 412 g/mol. The van der Waals surface area contributed by atoms with E-state index in [-0.39, 0.29) is 17.2 Å². The summed E-state index contributed by atoms with van der Waals surface area (Å²) in [6.45, 7) is 0. The Hall–Kier alpha value is -2.51. The number of amides is 3. The van der Waals surface area contributed by atoms with Crippen LogP contribution in [0.5, 0.6) is 11.5 Å².